The molecule has 0 unspecified atom stereocenters. The van der Waals surface area contributed by atoms with E-state index in [1.807, 2.05) is 73.7 Å². The third-order valence-electron chi connectivity index (χ3n) is 6.23. The van der Waals surface area contributed by atoms with Gasteiger partial charge in [-0.2, -0.15) is 0 Å². The molecule has 0 fully saturated rings. The number of Topliss-reactive ketones (excluding diaryl/α,β-unsaturated/α-hetero) is 1. The van der Waals surface area contributed by atoms with Gasteiger partial charge in [-0.15, -0.1) is 0 Å². The molecule has 35 heavy (non-hydrogen) atoms. The van der Waals surface area contributed by atoms with Gasteiger partial charge in [-0.1, -0.05) is 54.6 Å². The zero-order valence-corrected chi connectivity index (χ0v) is 22.8. The van der Waals surface area contributed by atoms with Gasteiger partial charge in [0.05, 0.1) is 26.4 Å². The minimum absolute atomic E-state index is 0.0856. The van der Waals surface area contributed by atoms with Crippen LogP contribution in [0.1, 0.15) is 39.9 Å². The molecule has 0 saturated heterocycles. The van der Waals surface area contributed by atoms with Gasteiger partial charge in [0.2, 0.25) is 0 Å². The fourth-order valence-electron chi connectivity index (χ4n) is 4.66. The molecule has 2 aliphatic rings. The molecule has 1 atom stereocenters. The molecular weight excluding hydrogens is 621 g/mol. The van der Waals surface area contributed by atoms with E-state index < -0.39 is 11.9 Å². The second-order valence-electron chi connectivity index (χ2n) is 8.34. The number of hydrogen-bond acceptors (Lipinski definition) is 5. The van der Waals surface area contributed by atoms with Gasteiger partial charge in [0.15, 0.2) is 5.78 Å². The van der Waals surface area contributed by atoms with E-state index in [0.717, 1.165) is 30.4 Å². The summed E-state index contributed by atoms with van der Waals surface area (Å²) in [7, 11) is 1.36. The zero-order chi connectivity index (χ0) is 24.7. The predicted octanol–water partition coefficient (Wildman–Crippen LogP) is 6.37. The molecule has 0 spiro atoms. The van der Waals surface area contributed by atoms with Gasteiger partial charge >= 0.3 is 5.97 Å². The molecule has 7 heteroatoms. The highest BCUT2D eigenvalue weighted by molar-refractivity contribution is 14.1. The highest BCUT2D eigenvalue weighted by atomic mass is 127. The molecule has 5 nitrogen and oxygen atoms in total. The van der Waals surface area contributed by atoms with Crippen LogP contribution in [-0.2, 0) is 16.1 Å². The van der Waals surface area contributed by atoms with Crippen LogP contribution in [0.2, 0.25) is 0 Å². The lowest BCUT2D eigenvalue weighted by Gasteiger charge is -2.29. The van der Waals surface area contributed by atoms with Crippen LogP contribution >= 0.6 is 38.5 Å². The van der Waals surface area contributed by atoms with Crippen molar-refractivity contribution >= 4 is 56.0 Å². The quantitative estimate of drug-likeness (QED) is 0.259. The summed E-state index contributed by atoms with van der Waals surface area (Å²) < 4.78 is 12.9. The average molecular weight is 642 g/mol. The molecule has 1 N–H and O–H groups in total. The van der Waals surface area contributed by atoms with E-state index in [4.69, 9.17) is 9.47 Å². The third-order valence-corrected chi connectivity index (χ3v) is 7.62. The Labute approximate surface area is 225 Å². The molecule has 0 amide bonds. The Morgan fingerprint density at radius 3 is 2.43 bits per heavy atom. The molecule has 1 aliphatic heterocycles. The van der Waals surface area contributed by atoms with Crippen molar-refractivity contribution in [1.82, 2.24) is 5.32 Å². The lowest BCUT2D eigenvalue weighted by molar-refractivity contribution is -0.136. The Kier molecular flexibility index (Phi) is 6.55. The van der Waals surface area contributed by atoms with E-state index in [2.05, 4.69) is 43.8 Å². The van der Waals surface area contributed by atoms with E-state index in [-0.39, 0.29) is 5.78 Å². The number of rotatable bonds is 5. The number of allylic oxidation sites excluding steroid dienone is 2. The van der Waals surface area contributed by atoms with E-state index in [1.165, 1.54) is 7.11 Å². The summed E-state index contributed by atoms with van der Waals surface area (Å²) >= 11 is 5.90. The highest BCUT2D eigenvalue weighted by Gasteiger charge is 2.43. The predicted molar refractivity (Wildman–Crippen MR) is 146 cm³/mol. The first-order chi connectivity index (χ1) is 16.9. The summed E-state index contributed by atoms with van der Waals surface area (Å²) in [4.78, 5) is 26.5. The minimum atomic E-state index is -0.577. The minimum Gasteiger partial charge on any atom is -0.487 e. The number of fused-ring (bicyclic) bond motifs is 2. The number of hydrogen-bond donors (Lipinski definition) is 1. The van der Waals surface area contributed by atoms with Crippen molar-refractivity contribution in [2.75, 3.05) is 7.11 Å². The van der Waals surface area contributed by atoms with Gasteiger partial charge < -0.3 is 14.8 Å². The van der Waals surface area contributed by atoms with E-state index in [9.17, 15) is 9.59 Å². The number of carbonyl (C=O) groups excluding carboxylic acids is 2. The summed E-state index contributed by atoms with van der Waals surface area (Å²) in [5.74, 6) is -0.419. The van der Waals surface area contributed by atoms with E-state index in [0.29, 0.717) is 34.8 Å². The molecule has 3 aromatic rings. The van der Waals surface area contributed by atoms with Gasteiger partial charge in [-0.25, -0.2) is 4.79 Å². The van der Waals surface area contributed by atoms with Crippen LogP contribution in [-0.4, -0.2) is 18.9 Å². The molecule has 3 aromatic carbocycles. The molecule has 0 aromatic heterocycles. The first-order valence-corrected chi connectivity index (χ1v) is 12.9. The maximum atomic E-state index is 13.6. The van der Waals surface area contributed by atoms with Crippen LogP contribution in [0.4, 0.5) is 0 Å². The zero-order valence-electron chi connectivity index (χ0n) is 19.0. The summed E-state index contributed by atoms with van der Waals surface area (Å²) in [6, 6.07) is 21.4. The third kappa shape index (κ3) is 4.21. The van der Waals surface area contributed by atoms with Crippen LogP contribution in [0.5, 0.6) is 5.75 Å². The molecule has 176 valence electrons. The van der Waals surface area contributed by atoms with Gasteiger partial charge in [0.25, 0.3) is 0 Å². The average Bonchev–Trinajstić information content (AvgIpc) is 3.14. The topological polar surface area (TPSA) is 64.6 Å². The lowest BCUT2D eigenvalue weighted by Crippen LogP contribution is -2.29. The van der Waals surface area contributed by atoms with Crippen LogP contribution in [0, 0.1) is 3.57 Å². The molecule has 5 rings (SSSR count). The normalized spacial score (nSPS) is 16.6. The van der Waals surface area contributed by atoms with Crippen LogP contribution in [0.3, 0.4) is 0 Å². The summed E-state index contributed by atoms with van der Waals surface area (Å²) in [5, 5.41) is 3.31. The molecule has 0 radical (unpaired) electrons. The van der Waals surface area contributed by atoms with Gasteiger partial charge in [-0.05, 0) is 68.7 Å². The monoisotopic (exact) mass is 641 g/mol. The Bertz CT molecular complexity index is 1400. The maximum absolute atomic E-state index is 13.6. The molecule has 1 heterocycles. The second-order valence-corrected chi connectivity index (χ2v) is 10.4. The van der Waals surface area contributed by atoms with Gasteiger partial charge in [-0.3, -0.25) is 4.79 Å². The molecule has 0 bridgehead atoms. The van der Waals surface area contributed by atoms with Gasteiger partial charge in [0.1, 0.15) is 12.4 Å². The number of benzene rings is 3. The van der Waals surface area contributed by atoms with Crippen molar-refractivity contribution in [2.24, 2.45) is 0 Å². The van der Waals surface area contributed by atoms with Crippen LogP contribution in [0.15, 0.2) is 88.0 Å². The number of dihydropyridines is 1. The number of halogens is 2. The smallest absolute Gasteiger partial charge is 0.336 e. The van der Waals surface area contributed by atoms with Crippen molar-refractivity contribution in [3.05, 3.63) is 114 Å². The Hall–Kier alpha value is -2.91. The number of ketones is 1. The highest BCUT2D eigenvalue weighted by Crippen LogP contribution is 2.48. The number of carbonyl (C=O) groups is 2. The van der Waals surface area contributed by atoms with Crippen molar-refractivity contribution in [1.29, 1.82) is 0 Å². The first-order valence-electron chi connectivity index (χ1n) is 11.0. The lowest BCUT2D eigenvalue weighted by atomic mass is 9.80. The Morgan fingerprint density at radius 2 is 1.74 bits per heavy atom. The largest absolute Gasteiger partial charge is 0.487 e. The maximum Gasteiger partial charge on any atom is 0.336 e. The van der Waals surface area contributed by atoms with Crippen molar-refractivity contribution in [3.63, 3.8) is 0 Å². The molecular formula is C28H21BrINO4. The SMILES string of the molecule is COC(=O)C1=C(C)NC2=C(C(=O)c3ccccc32)[C@H]1c1cc(Br)c(OCc2ccccc2)c(I)c1. The van der Waals surface area contributed by atoms with E-state index in [1.54, 1.807) is 0 Å². The summed E-state index contributed by atoms with van der Waals surface area (Å²) in [6.45, 7) is 2.27. The van der Waals surface area contributed by atoms with E-state index >= 15 is 0 Å². The first kappa shape index (κ1) is 23.8. The molecule has 1 aliphatic carbocycles. The Morgan fingerprint density at radius 1 is 1.06 bits per heavy atom. The number of esters is 1. The van der Waals surface area contributed by atoms with Crippen molar-refractivity contribution < 1.29 is 19.1 Å². The fraction of sp³-hybridized carbons (Fsp3) is 0.143. The van der Waals surface area contributed by atoms with Crippen molar-refractivity contribution in [2.45, 2.75) is 19.4 Å². The fourth-order valence-corrected chi connectivity index (χ4v) is 6.43. The van der Waals surface area contributed by atoms with Crippen LogP contribution in [0.25, 0.3) is 5.70 Å². The van der Waals surface area contributed by atoms with Gasteiger partial charge in [0, 0.05) is 28.3 Å². The number of ether oxygens (including phenoxy) is 2. The molecule has 0 saturated carbocycles. The standard InChI is InChI=1S/C28H21BrINO4/c1-15-22(28(33)34-2)23(24-25(31-15)18-10-6-7-11-19(18)26(24)32)17-12-20(29)27(21(30)13-17)35-14-16-8-4-3-5-9-16/h3-13,23,31H,14H2,1-2H3/t23-/m0/s1. The summed E-state index contributed by atoms with van der Waals surface area (Å²) in [6.07, 6.45) is 0. The number of nitrogens with one attached hydrogen (secondary N) is 1. The van der Waals surface area contributed by atoms with Crippen molar-refractivity contribution in [3.8, 4) is 5.75 Å². The summed E-state index contributed by atoms with van der Waals surface area (Å²) in [5.41, 5.74) is 5.74. The number of methoxy groups -OCH3 is 1. The Balaban J connectivity index is 1.59. The second kappa shape index (κ2) is 9.62. The van der Waals surface area contributed by atoms with Crippen LogP contribution < -0.4 is 10.1 Å².